The van der Waals surface area contributed by atoms with Crippen LogP contribution < -0.4 is 0 Å². The molecule has 6 nitrogen and oxygen atoms in total. The number of hydrogen-bond donors (Lipinski definition) is 0. The second-order valence-corrected chi connectivity index (χ2v) is 8.44. The third-order valence-corrected chi connectivity index (χ3v) is 6.08. The molecule has 1 saturated heterocycles. The van der Waals surface area contributed by atoms with Crippen LogP contribution in [0.3, 0.4) is 0 Å². The van der Waals surface area contributed by atoms with Crippen molar-refractivity contribution in [2.24, 2.45) is 0 Å². The van der Waals surface area contributed by atoms with Gasteiger partial charge >= 0.3 is 0 Å². The minimum absolute atomic E-state index is 0.140. The Morgan fingerprint density at radius 3 is 1.91 bits per heavy atom. The third-order valence-electron chi connectivity index (χ3n) is 6.08. The number of aryl methyl sites for hydroxylation is 2. The molecule has 0 aliphatic carbocycles. The van der Waals surface area contributed by atoms with Crippen molar-refractivity contribution in [3.05, 3.63) is 78.3 Å². The van der Waals surface area contributed by atoms with E-state index in [1.54, 1.807) is 6.20 Å². The van der Waals surface area contributed by atoms with Crippen molar-refractivity contribution in [2.45, 2.75) is 38.5 Å². The Bertz CT molecular complexity index is 1030. The largest absolute Gasteiger partial charge is 0.441 e. The summed E-state index contributed by atoms with van der Waals surface area (Å²) in [4.78, 5) is 33.2. The summed E-state index contributed by atoms with van der Waals surface area (Å²) in [6.07, 6.45) is 5.88. The molecule has 0 N–H and O–H groups in total. The van der Waals surface area contributed by atoms with Gasteiger partial charge in [0.2, 0.25) is 11.8 Å². The lowest BCUT2D eigenvalue weighted by molar-refractivity contribution is -0.139. The number of carbonyl (C=O) groups is 2. The first-order valence-electron chi connectivity index (χ1n) is 11.8. The molecule has 1 aliphatic heterocycles. The molecular weight excluding hydrogens is 414 g/mol. The number of nitrogens with zero attached hydrogens (tertiary/aromatic N) is 3. The normalized spacial score (nSPS) is 13.8. The highest BCUT2D eigenvalue weighted by molar-refractivity contribution is 5.78. The van der Waals surface area contributed by atoms with Gasteiger partial charge in [0.05, 0.1) is 6.20 Å². The molecule has 4 rings (SSSR count). The zero-order chi connectivity index (χ0) is 22.9. The molecule has 0 atom stereocenters. The fraction of sp³-hybridized carbons (Fsp3) is 0.370. The van der Waals surface area contributed by atoms with E-state index in [2.05, 4.69) is 17.1 Å². The fourth-order valence-electron chi connectivity index (χ4n) is 4.16. The van der Waals surface area contributed by atoms with Crippen LogP contribution in [0.2, 0.25) is 0 Å². The van der Waals surface area contributed by atoms with E-state index >= 15 is 0 Å². The molecule has 6 heteroatoms. The summed E-state index contributed by atoms with van der Waals surface area (Å²) >= 11 is 0. The van der Waals surface area contributed by atoms with Gasteiger partial charge in [0, 0.05) is 51.0 Å². The highest BCUT2D eigenvalue weighted by Crippen LogP contribution is 2.20. The molecule has 0 unspecified atom stereocenters. The van der Waals surface area contributed by atoms with Gasteiger partial charge in [-0.25, -0.2) is 4.98 Å². The maximum atomic E-state index is 12.6. The van der Waals surface area contributed by atoms with Crippen molar-refractivity contribution in [3.8, 4) is 11.3 Å². The number of hydrogen-bond acceptors (Lipinski definition) is 4. The Morgan fingerprint density at radius 1 is 0.758 bits per heavy atom. The molecule has 0 bridgehead atoms. The molecule has 0 radical (unpaired) electrons. The summed E-state index contributed by atoms with van der Waals surface area (Å²) in [5, 5.41) is 0. The molecule has 2 heterocycles. The number of carbonyl (C=O) groups excluding carboxylic acids is 2. The van der Waals surface area contributed by atoms with Crippen LogP contribution in [-0.2, 0) is 22.4 Å². The SMILES string of the molecule is O=C(CCCc1ccccc1)N1CCN(C(=O)CCCc2ncc(-c3ccccc3)o2)CC1. The average Bonchev–Trinajstić information content (AvgIpc) is 3.34. The first-order valence-corrected chi connectivity index (χ1v) is 11.8. The summed E-state index contributed by atoms with van der Waals surface area (Å²) in [6, 6.07) is 20.1. The smallest absolute Gasteiger partial charge is 0.222 e. The maximum Gasteiger partial charge on any atom is 0.222 e. The zero-order valence-electron chi connectivity index (χ0n) is 19.0. The molecule has 1 fully saturated rings. The third kappa shape index (κ3) is 6.54. The monoisotopic (exact) mass is 445 g/mol. The van der Waals surface area contributed by atoms with Crippen LogP contribution in [0.15, 0.2) is 71.3 Å². The van der Waals surface area contributed by atoms with Gasteiger partial charge in [-0.1, -0.05) is 60.7 Å². The van der Waals surface area contributed by atoms with Crippen molar-refractivity contribution in [1.82, 2.24) is 14.8 Å². The Hall–Kier alpha value is -3.41. The Kier molecular flexibility index (Phi) is 7.90. The molecular formula is C27H31N3O3. The molecule has 0 spiro atoms. The molecule has 2 amide bonds. The van der Waals surface area contributed by atoms with E-state index in [-0.39, 0.29) is 11.8 Å². The van der Waals surface area contributed by atoms with Crippen LogP contribution in [0, 0.1) is 0 Å². The van der Waals surface area contributed by atoms with E-state index in [1.165, 1.54) is 5.56 Å². The van der Waals surface area contributed by atoms with Gasteiger partial charge in [-0.2, -0.15) is 0 Å². The van der Waals surface area contributed by atoms with Crippen LogP contribution in [0.25, 0.3) is 11.3 Å². The number of amides is 2. The van der Waals surface area contributed by atoms with Crippen molar-refractivity contribution in [3.63, 3.8) is 0 Å². The van der Waals surface area contributed by atoms with Gasteiger partial charge in [-0.3, -0.25) is 9.59 Å². The Balaban J connectivity index is 1.13. The lowest BCUT2D eigenvalue weighted by Gasteiger charge is -2.35. The van der Waals surface area contributed by atoms with E-state index in [1.807, 2.05) is 58.3 Å². The van der Waals surface area contributed by atoms with E-state index in [9.17, 15) is 9.59 Å². The van der Waals surface area contributed by atoms with Gasteiger partial charge in [0.1, 0.15) is 0 Å². The van der Waals surface area contributed by atoms with Crippen molar-refractivity contribution in [1.29, 1.82) is 0 Å². The van der Waals surface area contributed by atoms with Gasteiger partial charge in [0.25, 0.3) is 0 Å². The van der Waals surface area contributed by atoms with Crippen molar-refractivity contribution < 1.29 is 14.0 Å². The number of benzene rings is 2. The zero-order valence-corrected chi connectivity index (χ0v) is 19.0. The number of oxazole rings is 1. The van der Waals surface area contributed by atoms with Crippen molar-refractivity contribution in [2.75, 3.05) is 26.2 Å². The van der Waals surface area contributed by atoms with E-state index in [4.69, 9.17) is 4.42 Å². The van der Waals surface area contributed by atoms with Crippen LogP contribution in [0.5, 0.6) is 0 Å². The summed E-state index contributed by atoms with van der Waals surface area (Å²) in [5.41, 5.74) is 2.27. The van der Waals surface area contributed by atoms with Gasteiger partial charge in [0.15, 0.2) is 11.7 Å². The minimum atomic E-state index is 0.140. The second-order valence-electron chi connectivity index (χ2n) is 8.44. The molecule has 3 aromatic rings. The lowest BCUT2D eigenvalue weighted by Crippen LogP contribution is -2.50. The fourth-order valence-corrected chi connectivity index (χ4v) is 4.16. The predicted octanol–water partition coefficient (Wildman–Crippen LogP) is 4.36. The number of rotatable bonds is 9. The Labute approximate surface area is 195 Å². The lowest BCUT2D eigenvalue weighted by atomic mass is 10.1. The molecule has 1 aliphatic rings. The van der Waals surface area contributed by atoms with Crippen LogP contribution in [-0.4, -0.2) is 52.8 Å². The summed E-state index contributed by atoms with van der Waals surface area (Å²) in [6.45, 7) is 2.47. The van der Waals surface area contributed by atoms with Crippen LogP contribution in [0.1, 0.15) is 37.1 Å². The standard InChI is InChI=1S/C27H31N3O3/c31-26(15-7-11-22-9-3-1-4-10-22)29-17-19-30(20-18-29)27(32)16-8-14-25-28-21-24(33-25)23-12-5-2-6-13-23/h1-6,9-10,12-13,21H,7-8,11,14-20H2. The first kappa shape index (κ1) is 22.8. The molecule has 2 aromatic carbocycles. The minimum Gasteiger partial charge on any atom is -0.441 e. The maximum absolute atomic E-state index is 12.6. The number of aromatic nitrogens is 1. The van der Waals surface area contributed by atoms with E-state index in [0.717, 1.165) is 24.2 Å². The van der Waals surface area contributed by atoms with Crippen LogP contribution >= 0.6 is 0 Å². The van der Waals surface area contributed by atoms with E-state index in [0.29, 0.717) is 57.8 Å². The summed E-state index contributed by atoms with van der Waals surface area (Å²) in [7, 11) is 0. The molecule has 0 saturated carbocycles. The quantitative estimate of drug-likeness (QED) is 0.491. The molecule has 172 valence electrons. The first-order chi connectivity index (χ1) is 16.2. The highest BCUT2D eigenvalue weighted by atomic mass is 16.4. The van der Waals surface area contributed by atoms with Gasteiger partial charge in [-0.05, 0) is 24.8 Å². The summed E-state index contributed by atoms with van der Waals surface area (Å²) < 4.78 is 5.82. The van der Waals surface area contributed by atoms with Gasteiger partial charge < -0.3 is 14.2 Å². The summed E-state index contributed by atoms with van der Waals surface area (Å²) in [5.74, 6) is 1.74. The Morgan fingerprint density at radius 2 is 1.30 bits per heavy atom. The van der Waals surface area contributed by atoms with Gasteiger partial charge in [-0.15, -0.1) is 0 Å². The average molecular weight is 446 g/mol. The second kappa shape index (κ2) is 11.5. The predicted molar refractivity (Wildman–Crippen MR) is 127 cm³/mol. The molecule has 1 aromatic heterocycles. The topological polar surface area (TPSA) is 66.7 Å². The molecule has 33 heavy (non-hydrogen) atoms. The van der Waals surface area contributed by atoms with E-state index < -0.39 is 0 Å². The number of piperazine rings is 1. The highest BCUT2D eigenvalue weighted by Gasteiger charge is 2.23. The van der Waals surface area contributed by atoms with Crippen molar-refractivity contribution >= 4 is 11.8 Å². The van der Waals surface area contributed by atoms with Crippen LogP contribution in [0.4, 0.5) is 0 Å².